The highest BCUT2D eigenvalue weighted by Crippen LogP contribution is 2.21. The molecule has 7 N–H and O–H groups in total. The van der Waals surface area contributed by atoms with Gasteiger partial charge in [0.15, 0.2) is 0 Å². The van der Waals surface area contributed by atoms with E-state index in [0.717, 1.165) is 12.2 Å². The van der Waals surface area contributed by atoms with Crippen LogP contribution in [-0.2, 0) is 0 Å². The molecule has 0 aliphatic heterocycles. The monoisotopic (exact) mass is 310 g/mol. The van der Waals surface area contributed by atoms with Crippen molar-refractivity contribution in [3.05, 3.63) is 0 Å². The van der Waals surface area contributed by atoms with Crippen LogP contribution in [0.1, 0.15) is 6.42 Å². The van der Waals surface area contributed by atoms with Crippen LogP contribution < -0.4 is 10.6 Å². The molecular formula is C11H22N2O6S. The summed E-state index contributed by atoms with van der Waals surface area (Å²) in [6, 6.07) is -1.88. The van der Waals surface area contributed by atoms with Crippen LogP contribution in [0, 0.1) is 0 Å². The largest absolute Gasteiger partial charge is 0.388 e. The minimum absolute atomic E-state index is 0.430. The molecular weight excluding hydrogens is 288 g/mol. The molecule has 0 saturated heterocycles. The van der Waals surface area contributed by atoms with Gasteiger partial charge in [0.2, 0.25) is 0 Å². The van der Waals surface area contributed by atoms with E-state index in [9.17, 15) is 30.3 Å². The smallest absolute Gasteiger partial charge is 0.315 e. The van der Waals surface area contributed by atoms with Gasteiger partial charge in [-0.25, -0.2) is 4.79 Å². The topological polar surface area (TPSA) is 142 Å². The molecule has 1 aliphatic carbocycles. The quantitative estimate of drug-likeness (QED) is 0.272. The first-order valence-corrected chi connectivity index (χ1v) is 7.73. The van der Waals surface area contributed by atoms with Crippen LogP contribution in [0.4, 0.5) is 4.79 Å². The molecule has 1 aliphatic rings. The molecule has 0 aromatic heterocycles. The van der Waals surface area contributed by atoms with Crippen LogP contribution in [0.5, 0.6) is 0 Å². The third-order valence-electron chi connectivity index (χ3n) is 3.24. The van der Waals surface area contributed by atoms with Crippen LogP contribution in [0.25, 0.3) is 0 Å². The molecule has 2 amide bonds. The Kier molecular flexibility index (Phi) is 7.00. The Morgan fingerprint density at radius 2 is 1.50 bits per heavy atom. The zero-order valence-corrected chi connectivity index (χ0v) is 12.0. The fourth-order valence-electron chi connectivity index (χ4n) is 2.02. The molecule has 1 rings (SSSR count). The van der Waals surface area contributed by atoms with E-state index < -0.39 is 42.6 Å². The number of carbonyl (C=O) groups excluding carboxylic acids is 1. The van der Waals surface area contributed by atoms with Crippen LogP contribution >= 0.6 is 11.8 Å². The Hall–Kier alpha value is -0.580. The van der Waals surface area contributed by atoms with Crippen molar-refractivity contribution in [2.24, 2.45) is 0 Å². The number of urea groups is 1. The van der Waals surface area contributed by atoms with Crippen LogP contribution in [0.15, 0.2) is 0 Å². The molecule has 0 aromatic rings. The summed E-state index contributed by atoms with van der Waals surface area (Å²) in [5.41, 5.74) is 0. The highest BCUT2D eigenvalue weighted by atomic mass is 32.2. The number of aliphatic hydroxyl groups excluding tert-OH is 5. The molecule has 2 unspecified atom stereocenters. The number of amides is 2. The number of hydrogen-bond donors (Lipinski definition) is 7. The summed E-state index contributed by atoms with van der Waals surface area (Å²) in [5.74, 6) is 0.887. The van der Waals surface area contributed by atoms with Gasteiger partial charge in [-0.05, 0) is 18.4 Å². The Morgan fingerprint density at radius 3 is 2.00 bits per heavy atom. The van der Waals surface area contributed by atoms with Crippen molar-refractivity contribution in [2.45, 2.75) is 43.0 Å². The van der Waals surface area contributed by atoms with Gasteiger partial charge in [-0.1, -0.05) is 0 Å². The highest BCUT2D eigenvalue weighted by molar-refractivity contribution is 7.98. The zero-order chi connectivity index (χ0) is 15.3. The molecule has 6 atom stereocenters. The minimum atomic E-state index is -1.66. The number of hydrogen-bond acceptors (Lipinski definition) is 7. The third-order valence-corrected chi connectivity index (χ3v) is 3.94. The summed E-state index contributed by atoms with van der Waals surface area (Å²) < 4.78 is 0. The molecule has 0 aromatic carbocycles. The van der Waals surface area contributed by atoms with Gasteiger partial charge in [0.1, 0.15) is 30.5 Å². The van der Waals surface area contributed by atoms with Gasteiger partial charge in [0, 0.05) is 6.54 Å². The van der Waals surface area contributed by atoms with Gasteiger partial charge in [-0.2, -0.15) is 11.8 Å². The summed E-state index contributed by atoms with van der Waals surface area (Å²) in [6.07, 6.45) is -5.37. The molecule has 8 nitrogen and oxygen atoms in total. The zero-order valence-electron chi connectivity index (χ0n) is 11.1. The van der Waals surface area contributed by atoms with E-state index >= 15 is 0 Å². The van der Waals surface area contributed by atoms with Crippen molar-refractivity contribution in [3.63, 3.8) is 0 Å². The van der Waals surface area contributed by atoms with Gasteiger partial charge in [0.05, 0.1) is 6.04 Å². The lowest BCUT2D eigenvalue weighted by molar-refractivity contribution is -0.188. The van der Waals surface area contributed by atoms with Crippen LogP contribution in [-0.4, -0.2) is 86.7 Å². The molecule has 9 heteroatoms. The fraction of sp³-hybridized carbons (Fsp3) is 0.909. The molecule has 1 saturated carbocycles. The lowest BCUT2D eigenvalue weighted by Crippen LogP contribution is -2.69. The van der Waals surface area contributed by atoms with Crippen LogP contribution in [0.3, 0.4) is 0 Å². The summed E-state index contributed by atoms with van der Waals surface area (Å²) >= 11 is 1.64. The average molecular weight is 310 g/mol. The summed E-state index contributed by atoms with van der Waals surface area (Å²) in [4.78, 5) is 11.6. The third kappa shape index (κ3) is 4.21. The van der Waals surface area contributed by atoms with E-state index in [1.807, 2.05) is 6.26 Å². The molecule has 20 heavy (non-hydrogen) atoms. The van der Waals surface area contributed by atoms with Gasteiger partial charge < -0.3 is 36.2 Å². The minimum Gasteiger partial charge on any atom is -0.388 e. The number of nitrogens with one attached hydrogen (secondary N) is 2. The number of carbonyl (C=O) groups is 1. The maximum atomic E-state index is 11.6. The first-order chi connectivity index (χ1) is 9.40. The normalized spacial score (nSPS) is 37.5. The van der Waals surface area contributed by atoms with Gasteiger partial charge in [-0.3, -0.25) is 0 Å². The second-order valence-electron chi connectivity index (χ2n) is 4.73. The lowest BCUT2D eigenvalue weighted by atomic mass is 9.83. The van der Waals surface area contributed by atoms with E-state index in [-0.39, 0.29) is 0 Å². The Balaban J connectivity index is 2.50. The second-order valence-corrected chi connectivity index (χ2v) is 5.71. The van der Waals surface area contributed by atoms with Crippen molar-refractivity contribution < 1.29 is 30.3 Å². The molecule has 1 fully saturated rings. The maximum absolute atomic E-state index is 11.6. The van der Waals surface area contributed by atoms with E-state index in [1.165, 1.54) is 0 Å². The Morgan fingerprint density at radius 1 is 1.00 bits per heavy atom. The average Bonchev–Trinajstić information content (AvgIpc) is 2.44. The second kappa shape index (κ2) is 8.01. The van der Waals surface area contributed by atoms with E-state index in [1.54, 1.807) is 11.8 Å². The van der Waals surface area contributed by atoms with Crippen molar-refractivity contribution in [1.82, 2.24) is 10.6 Å². The molecule has 0 spiro atoms. The lowest BCUT2D eigenvalue weighted by Gasteiger charge is -2.41. The number of thioether (sulfide) groups is 1. The summed E-state index contributed by atoms with van der Waals surface area (Å²) in [5, 5.41) is 52.7. The first-order valence-electron chi connectivity index (χ1n) is 6.33. The maximum Gasteiger partial charge on any atom is 0.315 e. The predicted octanol–water partition coefficient (Wildman–Crippen LogP) is -2.77. The summed E-state index contributed by atoms with van der Waals surface area (Å²) in [6.45, 7) is 0.430. The van der Waals surface area contributed by atoms with E-state index in [0.29, 0.717) is 6.54 Å². The van der Waals surface area contributed by atoms with Gasteiger partial charge in [-0.15, -0.1) is 0 Å². The molecule has 0 bridgehead atoms. The SMILES string of the molecule is CSCCCNC(=O)NC1[C@@H](O)[C@H](O)C(O)[C@H](O)[C@H]1O. The van der Waals surface area contributed by atoms with Crippen molar-refractivity contribution in [3.8, 4) is 0 Å². The number of rotatable bonds is 5. The van der Waals surface area contributed by atoms with Gasteiger partial charge >= 0.3 is 6.03 Å². The molecule has 0 radical (unpaired) electrons. The van der Waals surface area contributed by atoms with E-state index in [2.05, 4.69) is 10.6 Å². The van der Waals surface area contributed by atoms with Crippen molar-refractivity contribution in [2.75, 3.05) is 18.6 Å². The standard InChI is InChI=1S/C11H22N2O6S/c1-20-4-2-3-12-11(19)13-5-6(14)8(16)10(18)9(17)7(5)15/h5-10,14-18H,2-4H2,1H3,(H2,12,13,19)/t5?,6-,7+,8+,9-,10?. The predicted molar refractivity (Wildman–Crippen MR) is 73.4 cm³/mol. The first kappa shape index (κ1) is 17.5. The summed E-state index contributed by atoms with van der Waals surface area (Å²) in [7, 11) is 0. The number of aliphatic hydroxyl groups is 5. The van der Waals surface area contributed by atoms with E-state index in [4.69, 9.17) is 0 Å². The fourth-order valence-corrected chi connectivity index (χ4v) is 2.46. The molecule has 118 valence electrons. The van der Waals surface area contributed by atoms with Crippen LogP contribution in [0.2, 0.25) is 0 Å². The molecule has 0 heterocycles. The highest BCUT2D eigenvalue weighted by Gasteiger charge is 2.48. The van der Waals surface area contributed by atoms with Crippen molar-refractivity contribution >= 4 is 17.8 Å². The Bertz CT molecular complexity index is 305. The van der Waals surface area contributed by atoms with Crippen molar-refractivity contribution in [1.29, 1.82) is 0 Å². The Labute approximate surface area is 121 Å². The van der Waals surface area contributed by atoms with Gasteiger partial charge in [0.25, 0.3) is 0 Å².